The van der Waals surface area contributed by atoms with Crippen molar-refractivity contribution in [2.45, 2.75) is 0 Å². The van der Waals surface area contributed by atoms with Gasteiger partial charge in [0.25, 0.3) is 0 Å². The average Bonchev–Trinajstić information content (AvgIpc) is 2.42. The maximum absolute atomic E-state index is 6.01. The third-order valence-electron chi connectivity index (χ3n) is 2.70. The van der Waals surface area contributed by atoms with Crippen LogP contribution in [0.25, 0.3) is 5.57 Å². The van der Waals surface area contributed by atoms with Gasteiger partial charge in [0.1, 0.15) is 10.2 Å². The minimum absolute atomic E-state index is 0.215. The standard InChI is InChI=1S/C15H11Cl3O/c1-19-13-8-4-11(5-9-13)14(15(17)18)10-2-6-12(16)7-3-10/h2-9H,1H3. The molecule has 0 aliphatic heterocycles. The van der Waals surface area contributed by atoms with Crippen LogP contribution >= 0.6 is 34.8 Å². The van der Waals surface area contributed by atoms with E-state index >= 15 is 0 Å². The van der Waals surface area contributed by atoms with E-state index in [1.54, 1.807) is 19.2 Å². The topological polar surface area (TPSA) is 9.23 Å². The Morgan fingerprint density at radius 3 is 1.74 bits per heavy atom. The molecule has 98 valence electrons. The van der Waals surface area contributed by atoms with Gasteiger partial charge in [-0.3, -0.25) is 0 Å². The van der Waals surface area contributed by atoms with E-state index in [4.69, 9.17) is 39.5 Å². The molecule has 0 spiro atoms. The van der Waals surface area contributed by atoms with E-state index in [1.165, 1.54) is 0 Å². The molecule has 4 heteroatoms. The number of ether oxygens (including phenoxy) is 1. The first-order chi connectivity index (χ1) is 9.11. The first-order valence-corrected chi connectivity index (χ1v) is 6.71. The van der Waals surface area contributed by atoms with E-state index in [9.17, 15) is 0 Å². The number of hydrogen-bond acceptors (Lipinski definition) is 1. The summed E-state index contributed by atoms with van der Waals surface area (Å²) in [6.45, 7) is 0. The highest BCUT2D eigenvalue weighted by molar-refractivity contribution is 6.59. The van der Waals surface area contributed by atoms with E-state index < -0.39 is 0 Å². The Labute approximate surface area is 127 Å². The Hall–Kier alpha value is -1.15. The van der Waals surface area contributed by atoms with Gasteiger partial charge in [0, 0.05) is 10.6 Å². The van der Waals surface area contributed by atoms with Crippen molar-refractivity contribution in [1.29, 1.82) is 0 Å². The second-order valence-electron chi connectivity index (χ2n) is 3.87. The Morgan fingerprint density at radius 1 is 0.842 bits per heavy atom. The van der Waals surface area contributed by atoms with Crippen LogP contribution in [0.5, 0.6) is 5.75 Å². The van der Waals surface area contributed by atoms with Crippen molar-refractivity contribution in [3.05, 3.63) is 69.2 Å². The van der Waals surface area contributed by atoms with Crippen LogP contribution in [-0.2, 0) is 0 Å². The maximum Gasteiger partial charge on any atom is 0.118 e. The quantitative estimate of drug-likeness (QED) is 0.722. The van der Waals surface area contributed by atoms with Crippen molar-refractivity contribution in [3.63, 3.8) is 0 Å². The third-order valence-corrected chi connectivity index (χ3v) is 3.33. The fraction of sp³-hybridized carbons (Fsp3) is 0.0667. The van der Waals surface area contributed by atoms with Crippen LogP contribution in [0.15, 0.2) is 53.0 Å². The highest BCUT2D eigenvalue weighted by atomic mass is 35.5. The fourth-order valence-corrected chi connectivity index (χ4v) is 2.32. The third kappa shape index (κ3) is 3.44. The molecule has 0 amide bonds. The number of rotatable bonds is 3. The lowest BCUT2D eigenvalue weighted by atomic mass is 9.99. The molecule has 0 saturated heterocycles. The molecule has 2 aromatic rings. The van der Waals surface area contributed by atoms with Gasteiger partial charge >= 0.3 is 0 Å². The summed E-state index contributed by atoms with van der Waals surface area (Å²) in [5, 5.41) is 0.670. The largest absolute Gasteiger partial charge is 0.497 e. The van der Waals surface area contributed by atoms with Gasteiger partial charge in [-0.2, -0.15) is 0 Å². The van der Waals surface area contributed by atoms with Crippen molar-refractivity contribution in [3.8, 4) is 5.75 Å². The lowest BCUT2D eigenvalue weighted by Crippen LogP contribution is -1.90. The van der Waals surface area contributed by atoms with Crippen molar-refractivity contribution in [2.24, 2.45) is 0 Å². The van der Waals surface area contributed by atoms with Crippen molar-refractivity contribution >= 4 is 40.4 Å². The van der Waals surface area contributed by atoms with Gasteiger partial charge in [-0.05, 0) is 35.4 Å². The number of hydrogen-bond donors (Lipinski definition) is 0. The monoisotopic (exact) mass is 312 g/mol. The molecule has 0 heterocycles. The van der Waals surface area contributed by atoms with E-state index in [-0.39, 0.29) is 4.49 Å². The van der Waals surface area contributed by atoms with Crippen LogP contribution in [-0.4, -0.2) is 7.11 Å². The lowest BCUT2D eigenvalue weighted by molar-refractivity contribution is 0.415. The van der Waals surface area contributed by atoms with Gasteiger partial charge in [-0.1, -0.05) is 59.1 Å². The van der Waals surface area contributed by atoms with E-state index in [0.717, 1.165) is 22.4 Å². The molecule has 2 aromatic carbocycles. The van der Waals surface area contributed by atoms with Gasteiger partial charge in [0.05, 0.1) is 7.11 Å². The van der Waals surface area contributed by atoms with Gasteiger partial charge in [0.15, 0.2) is 0 Å². The zero-order valence-corrected chi connectivity index (χ0v) is 12.4. The summed E-state index contributed by atoms with van der Waals surface area (Å²) in [6, 6.07) is 14.9. The molecule has 0 aliphatic carbocycles. The lowest BCUT2D eigenvalue weighted by Gasteiger charge is -2.10. The van der Waals surface area contributed by atoms with Crippen LogP contribution in [0.3, 0.4) is 0 Å². The second kappa shape index (κ2) is 6.33. The minimum atomic E-state index is 0.215. The highest BCUT2D eigenvalue weighted by Crippen LogP contribution is 2.32. The predicted molar refractivity (Wildman–Crippen MR) is 82.2 cm³/mol. The summed E-state index contributed by atoms with van der Waals surface area (Å²) in [7, 11) is 1.62. The van der Waals surface area contributed by atoms with Crippen LogP contribution in [0.4, 0.5) is 0 Å². The van der Waals surface area contributed by atoms with Crippen molar-refractivity contribution in [1.82, 2.24) is 0 Å². The molecule has 1 nitrogen and oxygen atoms in total. The fourth-order valence-electron chi connectivity index (χ4n) is 1.76. The van der Waals surface area contributed by atoms with E-state index in [2.05, 4.69) is 0 Å². The summed E-state index contributed by atoms with van der Waals surface area (Å²) in [4.78, 5) is 0. The maximum atomic E-state index is 6.01. The second-order valence-corrected chi connectivity index (χ2v) is 5.26. The molecule has 19 heavy (non-hydrogen) atoms. The molecule has 0 fully saturated rings. The Bertz CT molecular complexity index is 582. The summed E-state index contributed by atoms with van der Waals surface area (Å²) >= 11 is 17.9. The van der Waals surface area contributed by atoms with Crippen LogP contribution in [0.2, 0.25) is 5.02 Å². The SMILES string of the molecule is COc1ccc(C(=C(Cl)Cl)c2ccc(Cl)cc2)cc1. The molecule has 0 aliphatic rings. The number of methoxy groups -OCH3 is 1. The number of benzene rings is 2. The summed E-state index contributed by atoms with van der Waals surface area (Å²) < 4.78 is 5.35. The van der Waals surface area contributed by atoms with Crippen LogP contribution in [0, 0.1) is 0 Å². The predicted octanol–water partition coefficient (Wildman–Crippen LogP) is 5.54. The van der Waals surface area contributed by atoms with Crippen molar-refractivity contribution < 1.29 is 4.74 Å². The molecular formula is C15H11Cl3O. The number of halogens is 3. The smallest absolute Gasteiger partial charge is 0.118 e. The Morgan fingerprint density at radius 2 is 1.32 bits per heavy atom. The van der Waals surface area contributed by atoms with Gasteiger partial charge in [-0.25, -0.2) is 0 Å². The van der Waals surface area contributed by atoms with E-state index in [0.29, 0.717) is 5.02 Å². The highest BCUT2D eigenvalue weighted by Gasteiger charge is 2.09. The molecule has 0 radical (unpaired) electrons. The average molecular weight is 314 g/mol. The zero-order chi connectivity index (χ0) is 13.8. The Kier molecular flexibility index (Phi) is 4.76. The van der Waals surface area contributed by atoms with Crippen LogP contribution < -0.4 is 4.74 Å². The van der Waals surface area contributed by atoms with E-state index in [1.807, 2.05) is 36.4 Å². The van der Waals surface area contributed by atoms with Crippen molar-refractivity contribution in [2.75, 3.05) is 7.11 Å². The molecule has 0 N–H and O–H groups in total. The molecule has 0 unspecified atom stereocenters. The molecule has 0 bridgehead atoms. The summed E-state index contributed by atoms with van der Waals surface area (Å²) in [6.07, 6.45) is 0. The molecule has 0 saturated carbocycles. The molecule has 0 atom stereocenters. The molecule has 0 aromatic heterocycles. The first kappa shape index (κ1) is 14.3. The molecule has 2 rings (SSSR count). The zero-order valence-electron chi connectivity index (χ0n) is 10.2. The first-order valence-electron chi connectivity index (χ1n) is 5.57. The summed E-state index contributed by atoms with van der Waals surface area (Å²) in [5.41, 5.74) is 2.60. The van der Waals surface area contributed by atoms with Gasteiger partial charge < -0.3 is 4.74 Å². The van der Waals surface area contributed by atoms with Gasteiger partial charge in [0.2, 0.25) is 0 Å². The Balaban J connectivity index is 2.46. The summed E-state index contributed by atoms with van der Waals surface area (Å²) in [5.74, 6) is 0.782. The minimum Gasteiger partial charge on any atom is -0.497 e. The van der Waals surface area contributed by atoms with Gasteiger partial charge in [-0.15, -0.1) is 0 Å². The normalized spacial score (nSPS) is 10.1. The molecular weight excluding hydrogens is 303 g/mol. The van der Waals surface area contributed by atoms with Crippen LogP contribution in [0.1, 0.15) is 11.1 Å².